The second-order valence-electron chi connectivity index (χ2n) is 3.82. The van der Waals surface area contributed by atoms with E-state index in [4.69, 9.17) is 4.52 Å². The van der Waals surface area contributed by atoms with E-state index < -0.39 is 0 Å². The summed E-state index contributed by atoms with van der Waals surface area (Å²) in [7, 11) is 0. The van der Waals surface area contributed by atoms with Crippen molar-refractivity contribution in [1.82, 2.24) is 5.16 Å². The number of amides is 1. The van der Waals surface area contributed by atoms with Crippen LogP contribution in [0.5, 0.6) is 0 Å². The number of hydrogen-bond donors (Lipinski definition) is 1. The van der Waals surface area contributed by atoms with E-state index >= 15 is 0 Å². The van der Waals surface area contributed by atoms with Crippen LogP contribution >= 0.6 is 27.3 Å². The number of carbonyl (C=O) groups is 1. The lowest BCUT2D eigenvalue weighted by Crippen LogP contribution is -2.09. The highest BCUT2D eigenvalue weighted by atomic mass is 79.9. The second kappa shape index (κ2) is 5.01. The van der Waals surface area contributed by atoms with Gasteiger partial charge in [-0.15, -0.1) is 11.3 Å². The van der Waals surface area contributed by atoms with Crippen LogP contribution < -0.4 is 5.32 Å². The van der Waals surface area contributed by atoms with Crippen LogP contribution in [-0.4, -0.2) is 11.1 Å². The maximum absolute atomic E-state index is 11.9. The standard InChI is InChI=1S/C11H11BrN2O2S/c1-6(2)8-5-9(16-14-8)13-11(15)10-7(12)3-4-17-10/h3-6H,1-2H3,(H,13,15). The predicted octanol–water partition coefficient (Wildman–Crippen LogP) is 3.87. The molecule has 0 saturated heterocycles. The average Bonchev–Trinajstić information content (AvgIpc) is 2.86. The highest BCUT2D eigenvalue weighted by Crippen LogP contribution is 2.24. The van der Waals surface area contributed by atoms with Crippen LogP contribution in [0.15, 0.2) is 26.5 Å². The van der Waals surface area contributed by atoms with Crippen LogP contribution in [0, 0.1) is 0 Å². The number of halogens is 1. The number of rotatable bonds is 3. The number of nitrogens with zero attached hydrogens (tertiary/aromatic N) is 1. The largest absolute Gasteiger partial charge is 0.338 e. The number of nitrogens with one attached hydrogen (secondary N) is 1. The van der Waals surface area contributed by atoms with E-state index in [1.54, 1.807) is 6.07 Å². The lowest BCUT2D eigenvalue weighted by Gasteiger charge is -1.98. The van der Waals surface area contributed by atoms with Gasteiger partial charge in [-0.05, 0) is 33.3 Å². The molecule has 0 atom stereocenters. The summed E-state index contributed by atoms with van der Waals surface area (Å²) in [5.74, 6) is 0.454. The van der Waals surface area contributed by atoms with Crippen LogP contribution in [0.4, 0.5) is 5.88 Å². The minimum atomic E-state index is -0.196. The maximum atomic E-state index is 11.9. The van der Waals surface area contributed by atoms with Gasteiger partial charge in [-0.1, -0.05) is 19.0 Å². The van der Waals surface area contributed by atoms with Crippen LogP contribution in [0.2, 0.25) is 0 Å². The van der Waals surface area contributed by atoms with Crippen molar-refractivity contribution < 1.29 is 9.32 Å². The number of carbonyl (C=O) groups excluding carboxylic acids is 1. The molecule has 0 fully saturated rings. The summed E-state index contributed by atoms with van der Waals surface area (Å²) in [5, 5.41) is 8.39. The Labute approximate surface area is 111 Å². The summed E-state index contributed by atoms with van der Waals surface area (Å²) in [5.41, 5.74) is 0.825. The Morgan fingerprint density at radius 2 is 2.35 bits per heavy atom. The minimum Gasteiger partial charge on any atom is -0.338 e. The van der Waals surface area contributed by atoms with Crippen molar-refractivity contribution in [2.75, 3.05) is 5.32 Å². The van der Waals surface area contributed by atoms with E-state index in [1.807, 2.05) is 25.3 Å². The molecule has 0 aliphatic carbocycles. The predicted molar refractivity (Wildman–Crippen MR) is 70.6 cm³/mol. The van der Waals surface area contributed by atoms with Gasteiger partial charge in [0.15, 0.2) is 0 Å². The highest BCUT2D eigenvalue weighted by molar-refractivity contribution is 9.10. The molecule has 90 valence electrons. The molecular weight excluding hydrogens is 304 g/mol. The molecule has 17 heavy (non-hydrogen) atoms. The Morgan fingerprint density at radius 1 is 1.59 bits per heavy atom. The summed E-state index contributed by atoms with van der Waals surface area (Å²) in [6.07, 6.45) is 0. The molecule has 2 heterocycles. The molecule has 2 aromatic heterocycles. The molecule has 2 aromatic rings. The minimum absolute atomic E-state index is 0.196. The maximum Gasteiger partial charge on any atom is 0.269 e. The molecule has 2 rings (SSSR count). The second-order valence-corrected chi connectivity index (χ2v) is 5.59. The summed E-state index contributed by atoms with van der Waals surface area (Å²) < 4.78 is 5.82. The zero-order chi connectivity index (χ0) is 12.4. The van der Waals surface area contributed by atoms with Gasteiger partial charge in [-0.3, -0.25) is 10.1 Å². The summed E-state index contributed by atoms with van der Waals surface area (Å²) in [6.45, 7) is 4.03. The molecule has 0 radical (unpaired) electrons. The SMILES string of the molecule is CC(C)c1cc(NC(=O)c2sccc2Br)on1. The monoisotopic (exact) mass is 314 g/mol. The molecule has 6 heteroatoms. The molecule has 1 N–H and O–H groups in total. The Bertz CT molecular complexity index is 533. The van der Waals surface area contributed by atoms with Crippen LogP contribution in [0.1, 0.15) is 35.1 Å². The molecule has 0 aromatic carbocycles. The van der Waals surface area contributed by atoms with Gasteiger partial charge in [0.1, 0.15) is 4.88 Å². The van der Waals surface area contributed by atoms with E-state index in [-0.39, 0.29) is 11.8 Å². The van der Waals surface area contributed by atoms with Gasteiger partial charge in [0.25, 0.3) is 5.91 Å². The van der Waals surface area contributed by atoms with E-state index in [0.717, 1.165) is 10.2 Å². The van der Waals surface area contributed by atoms with Crippen molar-refractivity contribution in [3.63, 3.8) is 0 Å². The first kappa shape index (κ1) is 12.3. The van der Waals surface area contributed by atoms with E-state index in [2.05, 4.69) is 26.4 Å². The lowest BCUT2D eigenvalue weighted by atomic mass is 10.1. The molecule has 0 aliphatic rings. The fraction of sp³-hybridized carbons (Fsp3) is 0.273. The number of aromatic nitrogens is 1. The fourth-order valence-corrected chi connectivity index (χ4v) is 2.69. The van der Waals surface area contributed by atoms with Gasteiger partial charge in [0, 0.05) is 10.5 Å². The molecule has 0 aliphatic heterocycles. The van der Waals surface area contributed by atoms with Gasteiger partial charge in [0.2, 0.25) is 5.88 Å². The van der Waals surface area contributed by atoms with Crippen molar-refractivity contribution in [2.45, 2.75) is 19.8 Å². The van der Waals surface area contributed by atoms with Gasteiger partial charge < -0.3 is 4.52 Å². The topological polar surface area (TPSA) is 55.1 Å². The molecule has 0 spiro atoms. The average molecular weight is 315 g/mol. The van der Waals surface area contributed by atoms with Crippen molar-refractivity contribution in [3.8, 4) is 0 Å². The zero-order valence-corrected chi connectivity index (χ0v) is 11.8. The smallest absolute Gasteiger partial charge is 0.269 e. The zero-order valence-electron chi connectivity index (χ0n) is 9.36. The molecular formula is C11H11BrN2O2S. The first-order valence-electron chi connectivity index (χ1n) is 5.09. The van der Waals surface area contributed by atoms with Crippen molar-refractivity contribution >= 4 is 39.1 Å². The number of anilines is 1. The molecule has 0 bridgehead atoms. The molecule has 1 amide bonds. The number of hydrogen-bond acceptors (Lipinski definition) is 4. The fourth-order valence-electron chi connectivity index (χ4n) is 1.24. The normalized spacial score (nSPS) is 10.8. The van der Waals surface area contributed by atoms with Crippen LogP contribution in [0.25, 0.3) is 0 Å². The van der Waals surface area contributed by atoms with Gasteiger partial charge in [0.05, 0.1) is 5.69 Å². The van der Waals surface area contributed by atoms with E-state index in [9.17, 15) is 4.79 Å². The van der Waals surface area contributed by atoms with Crippen LogP contribution in [0.3, 0.4) is 0 Å². The third kappa shape index (κ3) is 2.76. The Balaban J connectivity index is 2.11. The third-order valence-electron chi connectivity index (χ3n) is 2.18. The summed E-state index contributed by atoms with van der Waals surface area (Å²) >= 11 is 4.68. The third-order valence-corrected chi connectivity index (χ3v) is 4.02. The summed E-state index contributed by atoms with van der Waals surface area (Å²) in [4.78, 5) is 12.5. The Hall–Kier alpha value is -1.14. The van der Waals surface area contributed by atoms with Crippen molar-refractivity contribution in [2.24, 2.45) is 0 Å². The quantitative estimate of drug-likeness (QED) is 0.935. The van der Waals surface area contributed by atoms with Gasteiger partial charge in [-0.25, -0.2) is 0 Å². The van der Waals surface area contributed by atoms with Crippen molar-refractivity contribution in [1.29, 1.82) is 0 Å². The van der Waals surface area contributed by atoms with Gasteiger partial charge >= 0.3 is 0 Å². The molecule has 0 unspecified atom stereocenters. The number of thiophene rings is 1. The lowest BCUT2D eigenvalue weighted by molar-refractivity contribution is 0.102. The van der Waals surface area contributed by atoms with E-state index in [1.165, 1.54) is 11.3 Å². The van der Waals surface area contributed by atoms with E-state index in [0.29, 0.717) is 10.8 Å². The van der Waals surface area contributed by atoms with Crippen LogP contribution in [-0.2, 0) is 0 Å². The van der Waals surface area contributed by atoms with Gasteiger partial charge in [-0.2, -0.15) is 0 Å². The Kier molecular flexibility index (Phi) is 3.63. The molecule has 4 nitrogen and oxygen atoms in total. The highest BCUT2D eigenvalue weighted by Gasteiger charge is 2.14. The Morgan fingerprint density at radius 3 is 2.88 bits per heavy atom. The first-order valence-corrected chi connectivity index (χ1v) is 6.76. The first-order chi connectivity index (χ1) is 8.08. The van der Waals surface area contributed by atoms with Crippen molar-refractivity contribution in [3.05, 3.63) is 32.6 Å². The molecule has 0 saturated carbocycles. The summed E-state index contributed by atoms with van der Waals surface area (Å²) in [6, 6.07) is 3.57.